The molecule has 4 atom stereocenters. The summed E-state index contributed by atoms with van der Waals surface area (Å²) in [5, 5.41) is 0. The van der Waals surface area contributed by atoms with Gasteiger partial charge >= 0.3 is 11.4 Å². The van der Waals surface area contributed by atoms with Crippen molar-refractivity contribution in [3.05, 3.63) is 62.2 Å². The van der Waals surface area contributed by atoms with Crippen LogP contribution in [0.25, 0.3) is 5.69 Å². The normalized spacial score (nSPS) is 28.2. The summed E-state index contributed by atoms with van der Waals surface area (Å²) in [6.45, 7) is 0. The fraction of sp³-hybridized carbons (Fsp3) is 0.286. The van der Waals surface area contributed by atoms with E-state index in [1.165, 1.54) is 0 Å². The fourth-order valence-corrected chi connectivity index (χ4v) is 3.57. The Hall–Kier alpha value is -2.69. The standard InChI is InChI=1S/C14H6F5N3O3/c15-5-6(16)8(18)10(9(19)7(5)17)20-13(23)21-3-1-2-4(12-11(3)25-12)22(21)14(20)24/h1-4,11-12H/t3-,4+,11?,12?. The first kappa shape index (κ1) is 14.6. The van der Waals surface area contributed by atoms with Gasteiger partial charge in [-0.1, -0.05) is 12.2 Å². The maximum atomic E-state index is 14.0. The fourth-order valence-electron chi connectivity index (χ4n) is 3.57. The number of hydrogen-bond acceptors (Lipinski definition) is 3. The molecule has 25 heavy (non-hydrogen) atoms. The molecule has 0 amide bonds. The van der Waals surface area contributed by atoms with E-state index < -0.39 is 58.2 Å². The first-order chi connectivity index (χ1) is 11.8. The summed E-state index contributed by atoms with van der Waals surface area (Å²) >= 11 is 0. The van der Waals surface area contributed by atoms with Crippen molar-refractivity contribution in [3.63, 3.8) is 0 Å². The molecule has 3 aliphatic heterocycles. The van der Waals surface area contributed by atoms with Gasteiger partial charge in [0.1, 0.15) is 30.0 Å². The van der Waals surface area contributed by atoms with Crippen molar-refractivity contribution in [1.82, 2.24) is 13.9 Å². The number of hydrogen-bond donors (Lipinski definition) is 0. The van der Waals surface area contributed by atoms with Crippen LogP contribution in [0.5, 0.6) is 0 Å². The van der Waals surface area contributed by atoms with Crippen molar-refractivity contribution in [2.45, 2.75) is 24.3 Å². The van der Waals surface area contributed by atoms with Crippen molar-refractivity contribution in [2.75, 3.05) is 0 Å². The van der Waals surface area contributed by atoms with Crippen LogP contribution >= 0.6 is 0 Å². The molecular weight excluding hydrogens is 353 g/mol. The molecule has 2 bridgehead atoms. The molecule has 2 unspecified atom stereocenters. The number of halogens is 5. The lowest BCUT2D eigenvalue weighted by molar-refractivity contribution is 0.297. The van der Waals surface area contributed by atoms with Crippen LogP contribution in [0, 0.1) is 29.1 Å². The maximum absolute atomic E-state index is 14.0. The highest BCUT2D eigenvalue weighted by Crippen LogP contribution is 2.47. The molecule has 2 aromatic rings. The Bertz CT molecular complexity index is 1040. The summed E-state index contributed by atoms with van der Waals surface area (Å²) in [5.74, 6) is -11.3. The smallest absolute Gasteiger partial charge is 0.352 e. The molecule has 0 saturated carbocycles. The summed E-state index contributed by atoms with van der Waals surface area (Å²) in [6.07, 6.45) is 2.48. The Morgan fingerprint density at radius 3 is 1.56 bits per heavy atom. The van der Waals surface area contributed by atoms with Gasteiger partial charge < -0.3 is 4.74 Å². The number of ether oxygens (including phenoxy) is 1. The summed E-state index contributed by atoms with van der Waals surface area (Å²) in [4.78, 5) is 25.1. The van der Waals surface area contributed by atoms with Gasteiger partial charge in [0.2, 0.25) is 5.82 Å². The molecule has 6 nitrogen and oxygen atoms in total. The lowest BCUT2D eigenvalue weighted by Gasteiger charge is -2.29. The van der Waals surface area contributed by atoms with Crippen LogP contribution < -0.4 is 11.4 Å². The summed E-state index contributed by atoms with van der Waals surface area (Å²) in [7, 11) is 0. The highest BCUT2D eigenvalue weighted by Gasteiger charge is 2.58. The minimum absolute atomic E-state index is 0.0337. The van der Waals surface area contributed by atoms with Gasteiger partial charge in [0.25, 0.3) is 0 Å². The van der Waals surface area contributed by atoms with E-state index in [0.29, 0.717) is 0 Å². The predicted octanol–water partition coefficient (Wildman–Crippen LogP) is 0.929. The van der Waals surface area contributed by atoms with Gasteiger partial charge in [-0.15, -0.1) is 0 Å². The summed E-state index contributed by atoms with van der Waals surface area (Å²) in [5.41, 5.74) is -4.00. The molecule has 1 saturated heterocycles. The largest absolute Gasteiger partial charge is 0.364 e. The minimum Gasteiger partial charge on any atom is -0.364 e. The topological polar surface area (TPSA) is 61.5 Å². The van der Waals surface area contributed by atoms with Crippen molar-refractivity contribution < 1.29 is 26.7 Å². The highest BCUT2D eigenvalue weighted by molar-refractivity contribution is 5.38. The number of aromatic nitrogens is 3. The van der Waals surface area contributed by atoms with Gasteiger partial charge in [0, 0.05) is 0 Å². The number of nitrogens with zero attached hydrogens (tertiary/aromatic N) is 3. The Morgan fingerprint density at radius 2 is 1.12 bits per heavy atom. The average molecular weight is 359 g/mol. The van der Waals surface area contributed by atoms with Crippen molar-refractivity contribution in [2.24, 2.45) is 0 Å². The van der Waals surface area contributed by atoms with E-state index >= 15 is 0 Å². The molecule has 0 radical (unpaired) electrons. The zero-order valence-electron chi connectivity index (χ0n) is 11.9. The lowest BCUT2D eigenvalue weighted by atomic mass is 9.96. The Labute approximate surface area is 133 Å². The molecule has 1 aromatic heterocycles. The van der Waals surface area contributed by atoms with E-state index in [-0.39, 0.29) is 16.8 Å². The van der Waals surface area contributed by atoms with E-state index in [1.54, 1.807) is 12.2 Å². The lowest BCUT2D eigenvalue weighted by Crippen LogP contribution is -2.43. The third kappa shape index (κ3) is 1.52. The monoisotopic (exact) mass is 359 g/mol. The molecule has 4 aliphatic rings. The van der Waals surface area contributed by atoms with Gasteiger partial charge in [0.15, 0.2) is 23.3 Å². The SMILES string of the molecule is O=c1n(-c2c(F)c(F)c(F)c(F)c2F)c(=O)n2n1[C@@H]1C=C[C@H]2C2OC21. The molecule has 11 heteroatoms. The van der Waals surface area contributed by atoms with E-state index in [1.807, 2.05) is 0 Å². The van der Waals surface area contributed by atoms with Crippen LogP contribution in [0.1, 0.15) is 12.1 Å². The number of benzene rings is 1. The van der Waals surface area contributed by atoms with Gasteiger partial charge in [-0.05, 0) is 0 Å². The van der Waals surface area contributed by atoms with Crippen molar-refractivity contribution >= 4 is 0 Å². The molecule has 0 N–H and O–H groups in total. The van der Waals surface area contributed by atoms with E-state index in [9.17, 15) is 31.5 Å². The second-order valence-corrected chi connectivity index (χ2v) is 5.94. The van der Waals surface area contributed by atoms with Crippen molar-refractivity contribution in [1.29, 1.82) is 0 Å². The number of epoxide rings is 1. The Balaban J connectivity index is 1.86. The molecule has 4 heterocycles. The second kappa shape index (κ2) is 4.28. The molecule has 130 valence electrons. The van der Waals surface area contributed by atoms with Crippen LogP contribution in [0.4, 0.5) is 22.0 Å². The third-order valence-electron chi connectivity index (χ3n) is 4.72. The Morgan fingerprint density at radius 1 is 0.720 bits per heavy atom. The second-order valence-electron chi connectivity index (χ2n) is 5.94. The molecule has 0 spiro atoms. The average Bonchev–Trinajstić information content (AvgIpc) is 3.38. The zero-order valence-corrected chi connectivity index (χ0v) is 11.9. The van der Waals surface area contributed by atoms with Crippen LogP contribution in [-0.2, 0) is 4.74 Å². The molecule has 1 fully saturated rings. The highest BCUT2D eigenvalue weighted by atomic mass is 19.2. The van der Waals surface area contributed by atoms with E-state index in [2.05, 4.69) is 0 Å². The number of rotatable bonds is 1. The quantitative estimate of drug-likeness (QED) is 0.250. The minimum atomic E-state index is -2.37. The summed E-state index contributed by atoms with van der Waals surface area (Å²) < 4.78 is 75.3. The van der Waals surface area contributed by atoms with Gasteiger partial charge in [0.05, 0.1) is 0 Å². The Kier molecular flexibility index (Phi) is 2.51. The summed E-state index contributed by atoms with van der Waals surface area (Å²) in [6, 6.07) is -1.37. The van der Waals surface area contributed by atoms with E-state index in [4.69, 9.17) is 4.74 Å². The van der Waals surface area contributed by atoms with Gasteiger partial charge in [-0.2, -0.15) is 0 Å². The molecule has 1 aromatic carbocycles. The third-order valence-corrected chi connectivity index (χ3v) is 4.72. The first-order valence-corrected chi connectivity index (χ1v) is 7.16. The molecular formula is C14H6F5N3O3. The van der Waals surface area contributed by atoms with Gasteiger partial charge in [-0.25, -0.2) is 45.5 Å². The molecule has 6 rings (SSSR count). The van der Waals surface area contributed by atoms with Crippen molar-refractivity contribution in [3.8, 4) is 5.69 Å². The van der Waals surface area contributed by atoms with Crippen LogP contribution in [0.15, 0.2) is 21.7 Å². The maximum Gasteiger partial charge on any atom is 0.352 e. The molecule has 1 aliphatic carbocycles. The first-order valence-electron chi connectivity index (χ1n) is 7.16. The van der Waals surface area contributed by atoms with E-state index in [0.717, 1.165) is 9.36 Å². The van der Waals surface area contributed by atoms with Crippen LogP contribution in [0.2, 0.25) is 0 Å². The zero-order chi connectivity index (χ0) is 17.8. The van der Waals surface area contributed by atoms with Crippen LogP contribution in [0.3, 0.4) is 0 Å². The van der Waals surface area contributed by atoms with Gasteiger partial charge in [-0.3, -0.25) is 0 Å². The predicted molar refractivity (Wildman–Crippen MR) is 70.0 cm³/mol. The van der Waals surface area contributed by atoms with Crippen LogP contribution in [-0.4, -0.2) is 26.1 Å².